The number of nitrogens with zero attached hydrogens (tertiary/aromatic N) is 2. The largest absolute Gasteiger partial charge is 0.510 e. The van der Waals surface area contributed by atoms with Gasteiger partial charge >= 0.3 is 7.12 Å². The summed E-state index contributed by atoms with van der Waals surface area (Å²) in [4.78, 5) is 0. The fourth-order valence-corrected chi connectivity index (χ4v) is 1.28. The van der Waals surface area contributed by atoms with Crippen LogP contribution in [-0.4, -0.2) is 46.5 Å². The van der Waals surface area contributed by atoms with Crippen molar-refractivity contribution < 1.29 is 19.5 Å². The quantitative estimate of drug-likeness (QED) is 0.546. The molecule has 2 heterocycles. The Morgan fingerprint density at radius 3 is 2.79 bits per heavy atom. The van der Waals surface area contributed by atoms with E-state index in [1.807, 2.05) is 0 Å². The van der Waals surface area contributed by atoms with E-state index in [4.69, 9.17) is 19.5 Å². The van der Waals surface area contributed by atoms with Gasteiger partial charge in [-0.1, -0.05) is 0 Å². The Morgan fingerprint density at radius 1 is 1.50 bits per heavy atom. The molecule has 0 atom stereocenters. The normalized spacial score (nSPS) is 17.6. The molecule has 0 radical (unpaired) electrons. The van der Waals surface area contributed by atoms with Crippen LogP contribution in [0.5, 0.6) is 0 Å². The fraction of sp³-hybridized carbons (Fsp3) is 0.571. The average molecular weight is 198 g/mol. The lowest BCUT2D eigenvalue weighted by molar-refractivity contribution is -0.0545. The minimum atomic E-state index is -1.53. The zero-order chi connectivity index (χ0) is 9.97. The molecule has 0 aromatic carbocycles. The molecule has 0 amide bonds. The molecule has 0 bridgehead atoms. The van der Waals surface area contributed by atoms with Crippen molar-refractivity contribution in [1.82, 2.24) is 9.78 Å². The summed E-state index contributed by atoms with van der Waals surface area (Å²) in [5, 5.41) is 21.6. The molecule has 0 saturated carbocycles. The summed E-state index contributed by atoms with van der Waals surface area (Å²) in [6.45, 7) is 1.66. The molecule has 7 heteroatoms. The Labute approximate surface area is 81.2 Å². The van der Waals surface area contributed by atoms with Crippen molar-refractivity contribution in [3.8, 4) is 0 Å². The molecule has 0 unspecified atom stereocenters. The third kappa shape index (κ3) is 2.13. The zero-order valence-corrected chi connectivity index (χ0v) is 7.54. The van der Waals surface area contributed by atoms with Gasteiger partial charge in [-0.2, -0.15) is 5.10 Å². The van der Waals surface area contributed by atoms with Crippen LogP contribution in [0.1, 0.15) is 0 Å². The molecular weight excluding hydrogens is 187 g/mol. The van der Waals surface area contributed by atoms with E-state index in [1.165, 1.54) is 0 Å². The molecular formula is C7H11BN2O4. The van der Waals surface area contributed by atoms with Crippen molar-refractivity contribution >= 4 is 12.7 Å². The Bertz CT molecular complexity index is 298. The van der Waals surface area contributed by atoms with Crippen molar-refractivity contribution in [3.05, 3.63) is 12.3 Å². The molecule has 14 heavy (non-hydrogen) atoms. The highest BCUT2D eigenvalue weighted by atomic mass is 16.7. The first-order chi connectivity index (χ1) is 6.75. The molecule has 2 N–H and O–H groups in total. The summed E-state index contributed by atoms with van der Waals surface area (Å²) in [6.07, 6.45) is 1.37. The van der Waals surface area contributed by atoms with Crippen molar-refractivity contribution in [2.45, 2.75) is 12.8 Å². The molecule has 6 nitrogen and oxygen atoms in total. The molecule has 0 spiro atoms. The number of ether oxygens (including phenoxy) is 2. The van der Waals surface area contributed by atoms with E-state index in [0.717, 1.165) is 0 Å². The second-order valence-electron chi connectivity index (χ2n) is 3.01. The van der Waals surface area contributed by atoms with E-state index in [9.17, 15) is 0 Å². The summed E-state index contributed by atoms with van der Waals surface area (Å²) >= 11 is 0. The Kier molecular flexibility index (Phi) is 2.83. The number of hydrogen-bond donors (Lipinski definition) is 2. The monoisotopic (exact) mass is 198 g/mol. The van der Waals surface area contributed by atoms with Crippen LogP contribution < -0.4 is 5.59 Å². The van der Waals surface area contributed by atoms with Gasteiger partial charge in [0.15, 0.2) is 6.29 Å². The van der Waals surface area contributed by atoms with E-state index in [2.05, 4.69) is 5.10 Å². The molecule has 1 aromatic rings. The van der Waals surface area contributed by atoms with E-state index in [-0.39, 0.29) is 11.9 Å². The predicted molar refractivity (Wildman–Crippen MR) is 47.7 cm³/mol. The van der Waals surface area contributed by atoms with Crippen molar-refractivity contribution in [2.24, 2.45) is 0 Å². The summed E-state index contributed by atoms with van der Waals surface area (Å²) in [7, 11) is -1.53. The van der Waals surface area contributed by atoms with Crippen LogP contribution in [0.2, 0.25) is 0 Å². The van der Waals surface area contributed by atoms with Crippen molar-refractivity contribution in [1.29, 1.82) is 0 Å². The minimum absolute atomic E-state index is 0.225. The number of rotatable bonds is 3. The highest BCUT2D eigenvalue weighted by molar-refractivity contribution is 6.57. The van der Waals surface area contributed by atoms with Gasteiger partial charge in [-0.3, -0.25) is 4.68 Å². The van der Waals surface area contributed by atoms with Crippen LogP contribution in [0, 0.1) is 0 Å². The third-order valence-electron chi connectivity index (χ3n) is 1.95. The molecule has 76 valence electrons. The highest BCUT2D eigenvalue weighted by Gasteiger charge is 2.19. The number of hydrogen-bond acceptors (Lipinski definition) is 5. The summed E-state index contributed by atoms with van der Waals surface area (Å²) in [5.74, 6) is 0. The van der Waals surface area contributed by atoms with Crippen LogP contribution in [-0.2, 0) is 16.0 Å². The molecule has 1 aliphatic heterocycles. The summed E-state index contributed by atoms with van der Waals surface area (Å²) < 4.78 is 12.0. The maximum atomic E-state index is 8.82. The lowest BCUT2D eigenvalue weighted by Crippen LogP contribution is -2.32. The van der Waals surface area contributed by atoms with Crippen LogP contribution in [0.3, 0.4) is 0 Å². The van der Waals surface area contributed by atoms with E-state index in [1.54, 1.807) is 16.9 Å². The van der Waals surface area contributed by atoms with Crippen LogP contribution in [0.4, 0.5) is 0 Å². The van der Waals surface area contributed by atoms with Gasteiger partial charge in [-0.15, -0.1) is 0 Å². The first-order valence-corrected chi connectivity index (χ1v) is 4.38. The average Bonchev–Trinajstić information content (AvgIpc) is 2.75. The standard InChI is InChI=1S/C7H11BN2O4/c11-8(12)6-1-2-10(9-6)5-7-13-3-4-14-7/h1-2,7,11-12H,3-5H2. The predicted octanol–water partition coefficient (Wildman–Crippen LogP) is -2.06. The van der Waals surface area contributed by atoms with Gasteiger partial charge in [0.25, 0.3) is 0 Å². The SMILES string of the molecule is OB(O)c1ccn(CC2OCCO2)n1. The van der Waals surface area contributed by atoms with Gasteiger partial charge in [-0.05, 0) is 6.07 Å². The summed E-state index contributed by atoms with van der Waals surface area (Å²) in [6, 6.07) is 1.54. The molecule has 2 rings (SSSR count). The van der Waals surface area contributed by atoms with Gasteiger partial charge in [0.2, 0.25) is 0 Å². The Balaban J connectivity index is 1.95. The third-order valence-corrected chi connectivity index (χ3v) is 1.95. The van der Waals surface area contributed by atoms with E-state index < -0.39 is 7.12 Å². The topological polar surface area (TPSA) is 76.7 Å². The Morgan fingerprint density at radius 2 is 2.21 bits per heavy atom. The van der Waals surface area contributed by atoms with Gasteiger partial charge in [0, 0.05) is 6.20 Å². The van der Waals surface area contributed by atoms with Crippen LogP contribution in [0.15, 0.2) is 12.3 Å². The zero-order valence-electron chi connectivity index (χ0n) is 7.54. The lowest BCUT2D eigenvalue weighted by Gasteiger charge is -2.08. The smallest absolute Gasteiger partial charge is 0.422 e. The maximum absolute atomic E-state index is 8.82. The van der Waals surface area contributed by atoms with Crippen LogP contribution in [0.25, 0.3) is 0 Å². The first kappa shape index (κ1) is 9.66. The second-order valence-corrected chi connectivity index (χ2v) is 3.01. The molecule has 1 aliphatic rings. The fourth-order valence-electron chi connectivity index (χ4n) is 1.28. The van der Waals surface area contributed by atoms with Crippen molar-refractivity contribution in [2.75, 3.05) is 13.2 Å². The van der Waals surface area contributed by atoms with Gasteiger partial charge in [0.05, 0.1) is 25.4 Å². The second kappa shape index (κ2) is 4.10. The Hall–Kier alpha value is -0.885. The van der Waals surface area contributed by atoms with E-state index >= 15 is 0 Å². The van der Waals surface area contributed by atoms with Crippen molar-refractivity contribution in [3.63, 3.8) is 0 Å². The maximum Gasteiger partial charge on any atom is 0.510 e. The van der Waals surface area contributed by atoms with Gasteiger partial charge in [0.1, 0.15) is 0 Å². The molecule has 1 fully saturated rings. The lowest BCUT2D eigenvalue weighted by atomic mass is 9.87. The first-order valence-electron chi connectivity index (χ1n) is 4.38. The highest BCUT2D eigenvalue weighted by Crippen LogP contribution is 2.05. The van der Waals surface area contributed by atoms with Gasteiger partial charge in [-0.25, -0.2) is 0 Å². The van der Waals surface area contributed by atoms with E-state index in [0.29, 0.717) is 19.8 Å². The number of aromatic nitrogens is 2. The van der Waals surface area contributed by atoms with Crippen LogP contribution >= 0.6 is 0 Å². The van der Waals surface area contributed by atoms with Gasteiger partial charge < -0.3 is 19.5 Å². The molecule has 0 aliphatic carbocycles. The molecule has 1 aromatic heterocycles. The minimum Gasteiger partial charge on any atom is -0.422 e. The molecule has 1 saturated heterocycles. The summed E-state index contributed by atoms with van der Waals surface area (Å²) in [5.41, 5.74) is 0.225.